The molecule has 16 heavy (non-hydrogen) atoms. The standard InChI is InChI=1S/C13H28N2O/c1-5-7-14-9-12(2,3)10-15-8-6-13(4,16)11-15/h14,16H,5-11H2,1-4H3. The fourth-order valence-corrected chi connectivity index (χ4v) is 2.44. The molecular formula is C13H28N2O. The van der Waals surface area contributed by atoms with Crippen LogP contribution in [-0.4, -0.2) is 48.3 Å². The summed E-state index contributed by atoms with van der Waals surface area (Å²) >= 11 is 0. The van der Waals surface area contributed by atoms with Crippen LogP contribution in [0.5, 0.6) is 0 Å². The van der Waals surface area contributed by atoms with E-state index in [2.05, 4.69) is 31.0 Å². The van der Waals surface area contributed by atoms with Gasteiger partial charge in [0.15, 0.2) is 0 Å². The van der Waals surface area contributed by atoms with Crippen LogP contribution in [0.3, 0.4) is 0 Å². The van der Waals surface area contributed by atoms with Crippen LogP contribution >= 0.6 is 0 Å². The lowest BCUT2D eigenvalue weighted by Gasteiger charge is -2.31. The normalized spacial score (nSPS) is 27.6. The van der Waals surface area contributed by atoms with E-state index >= 15 is 0 Å². The first-order valence-corrected chi connectivity index (χ1v) is 6.50. The van der Waals surface area contributed by atoms with E-state index in [1.807, 2.05) is 6.92 Å². The zero-order chi connectivity index (χ0) is 12.2. The summed E-state index contributed by atoms with van der Waals surface area (Å²) in [5.74, 6) is 0. The molecule has 0 aromatic heterocycles. The van der Waals surface area contributed by atoms with Crippen LogP contribution in [0.15, 0.2) is 0 Å². The van der Waals surface area contributed by atoms with Crippen molar-refractivity contribution in [2.75, 3.05) is 32.7 Å². The SMILES string of the molecule is CCCNCC(C)(C)CN1CCC(C)(O)C1. The molecular weight excluding hydrogens is 200 g/mol. The smallest absolute Gasteiger partial charge is 0.0758 e. The van der Waals surface area contributed by atoms with Crippen LogP contribution in [-0.2, 0) is 0 Å². The fourth-order valence-electron chi connectivity index (χ4n) is 2.44. The lowest BCUT2D eigenvalue weighted by atomic mass is 9.92. The van der Waals surface area contributed by atoms with Gasteiger partial charge in [-0.25, -0.2) is 0 Å². The first-order valence-electron chi connectivity index (χ1n) is 6.50. The van der Waals surface area contributed by atoms with Gasteiger partial charge in [-0.1, -0.05) is 20.8 Å². The average Bonchev–Trinajstić information content (AvgIpc) is 2.44. The number of aliphatic hydroxyl groups is 1. The minimum absolute atomic E-state index is 0.287. The summed E-state index contributed by atoms with van der Waals surface area (Å²) in [5, 5.41) is 13.4. The van der Waals surface area contributed by atoms with E-state index in [0.29, 0.717) is 0 Å². The Morgan fingerprint density at radius 3 is 2.62 bits per heavy atom. The summed E-state index contributed by atoms with van der Waals surface area (Å²) in [5.41, 5.74) is -0.178. The maximum absolute atomic E-state index is 9.92. The molecule has 1 aliphatic rings. The summed E-state index contributed by atoms with van der Waals surface area (Å²) in [7, 11) is 0. The molecule has 0 aromatic carbocycles. The molecule has 1 atom stereocenters. The van der Waals surface area contributed by atoms with Crippen LogP contribution in [0.2, 0.25) is 0 Å². The summed E-state index contributed by atoms with van der Waals surface area (Å²) in [6.07, 6.45) is 2.10. The first-order chi connectivity index (χ1) is 7.35. The molecule has 0 aliphatic carbocycles. The molecule has 3 nitrogen and oxygen atoms in total. The van der Waals surface area contributed by atoms with Gasteiger partial charge in [0, 0.05) is 26.2 Å². The van der Waals surface area contributed by atoms with Gasteiger partial charge in [-0.2, -0.15) is 0 Å². The minimum Gasteiger partial charge on any atom is -0.389 e. The van der Waals surface area contributed by atoms with Gasteiger partial charge in [-0.3, -0.25) is 4.90 Å². The van der Waals surface area contributed by atoms with E-state index in [-0.39, 0.29) is 5.41 Å². The molecule has 96 valence electrons. The van der Waals surface area contributed by atoms with Crippen molar-refractivity contribution in [2.45, 2.75) is 46.1 Å². The zero-order valence-corrected chi connectivity index (χ0v) is 11.3. The van der Waals surface area contributed by atoms with E-state index in [4.69, 9.17) is 0 Å². The third kappa shape index (κ3) is 4.81. The fraction of sp³-hybridized carbons (Fsp3) is 1.00. The van der Waals surface area contributed by atoms with Crippen molar-refractivity contribution in [3.8, 4) is 0 Å². The second-order valence-corrected chi connectivity index (χ2v) is 6.30. The topological polar surface area (TPSA) is 35.5 Å². The van der Waals surface area contributed by atoms with Gasteiger partial charge in [-0.15, -0.1) is 0 Å². The number of rotatable bonds is 6. The highest BCUT2D eigenvalue weighted by Gasteiger charge is 2.33. The summed E-state index contributed by atoms with van der Waals surface area (Å²) in [6, 6.07) is 0. The van der Waals surface area contributed by atoms with Crippen LogP contribution in [0, 0.1) is 5.41 Å². The maximum atomic E-state index is 9.92. The van der Waals surface area contributed by atoms with Gasteiger partial charge in [0.2, 0.25) is 0 Å². The van der Waals surface area contributed by atoms with E-state index in [1.165, 1.54) is 6.42 Å². The number of hydrogen-bond donors (Lipinski definition) is 2. The number of nitrogens with zero attached hydrogens (tertiary/aromatic N) is 1. The molecule has 0 aromatic rings. The van der Waals surface area contributed by atoms with Crippen molar-refractivity contribution in [1.29, 1.82) is 0 Å². The van der Waals surface area contributed by atoms with Crippen molar-refractivity contribution < 1.29 is 5.11 Å². The van der Waals surface area contributed by atoms with Crippen molar-refractivity contribution in [3.05, 3.63) is 0 Å². The first kappa shape index (κ1) is 13.9. The molecule has 2 N–H and O–H groups in total. The molecule has 0 spiro atoms. The van der Waals surface area contributed by atoms with Crippen LogP contribution in [0.4, 0.5) is 0 Å². The number of likely N-dealkylation sites (tertiary alicyclic amines) is 1. The highest BCUT2D eigenvalue weighted by atomic mass is 16.3. The molecule has 1 saturated heterocycles. The second-order valence-electron chi connectivity index (χ2n) is 6.30. The lowest BCUT2D eigenvalue weighted by Crippen LogP contribution is -2.41. The molecule has 1 unspecified atom stereocenters. The van der Waals surface area contributed by atoms with Crippen LogP contribution in [0.1, 0.15) is 40.5 Å². The van der Waals surface area contributed by atoms with Crippen LogP contribution < -0.4 is 5.32 Å². The van der Waals surface area contributed by atoms with Gasteiger partial charge >= 0.3 is 0 Å². The molecule has 0 bridgehead atoms. The van der Waals surface area contributed by atoms with E-state index in [0.717, 1.165) is 39.1 Å². The Morgan fingerprint density at radius 2 is 2.12 bits per heavy atom. The Morgan fingerprint density at radius 1 is 1.44 bits per heavy atom. The highest BCUT2D eigenvalue weighted by Crippen LogP contribution is 2.24. The largest absolute Gasteiger partial charge is 0.389 e. The third-order valence-corrected chi connectivity index (χ3v) is 3.21. The number of hydrogen-bond acceptors (Lipinski definition) is 3. The zero-order valence-electron chi connectivity index (χ0n) is 11.3. The van der Waals surface area contributed by atoms with E-state index < -0.39 is 5.60 Å². The Labute approximate surface area is 100 Å². The third-order valence-electron chi connectivity index (χ3n) is 3.21. The molecule has 3 heteroatoms. The molecule has 0 amide bonds. The van der Waals surface area contributed by atoms with Gasteiger partial charge in [-0.05, 0) is 31.7 Å². The Balaban J connectivity index is 2.29. The summed E-state index contributed by atoms with van der Waals surface area (Å²) < 4.78 is 0. The lowest BCUT2D eigenvalue weighted by molar-refractivity contribution is 0.0631. The average molecular weight is 228 g/mol. The molecule has 0 radical (unpaired) electrons. The number of β-amino-alcohol motifs (C(OH)–C–C–N with tert-alkyl or cyclic N) is 1. The van der Waals surface area contributed by atoms with Gasteiger partial charge in [0.1, 0.15) is 0 Å². The quantitative estimate of drug-likeness (QED) is 0.676. The van der Waals surface area contributed by atoms with E-state index in [9.17, 15) is 5.11 Å². The highest BCUT2D eigenvalue weighted by molar-refractivity contribution is 4.88. The van der Waals surface area contributed by atoms with Crippen molar-refractivity contribution in [3.63, 3.8) is 0 Å². The van der Waals surface area contributed by atoms with Gasteiger partial charge in [0.05, 0.1) is 5.60 Å². The number of nitrogens with one attached hydrogen (secondary N) is 1. The van der Waals surface area contributed by atoms with Gasteiger partial charge < -0.3 is 10.4 Å². The molecule has 1 fully saturated rings. The second kappa shape index (κ2) is 5.48. The van der Waals surface area contributed by atoms with E-state index in [1.54, 1.807) is 0 Å². The van der Waals surface area contributed by atoms with Crippen molar-refractivity contribution >= 4 is 0 Å². The van der Waals surface area contributed by atoms with Crippen LogP contribution in [0.25, 0.3) is 0 Å². The van der Waals surface area contributed by atoms with Crippen molar-refractivity contribution in [2.24, 2.45) is 5.41 Å². The maximum Gasteiger partial charge on any atom is 0.0758 e. The summed E-state index contributed by atoms with van der Waals surface area (Å²) in [4.78, 5) is 2.38. The predicted octanol–water partition coefficient (Wildman–Crippen LogP) is 1.47. The minimum atomic E-state index is -0.465. The Bertz CT molecular complexity index is 214. The van der Waals surface area contributed by atoms with Crippen molar-refractivity contribution in [1.82, 2.24) is 10.2 Å². The van der Waals surface area contributed by atoms with Gasteiger partial charge in [0.25, 0.3) is 0 Å². The Hall–Kier alpha value is -0.120. The molecule has 0 saturated carbocycles. The molecule has 1 rings (SSSR count). The Kier molecular flexibility index (Phi) is 4.77. The monoisotopic (exact) mass is 228 g/mol. The predicted molar refractivity (Wildman–Crippen MR) is 68.6 cm³/mol. The summed E-state index contributed by atoms with van der Waals surface area (Å²) in [6.45, 7) is 13.8. The molecule has 1 aliphatic heterocycles. The molecule has 1 heterocycles.